The van der Waals surface area contributed by atoms with Gasteiger partial charge in [-0.15, -0.1) is 0 Å². The molecular weight excluding hydrogens is 110 g/mol. The Labute approximate surface area is 55.1 Å². The maximum absolute atomic E-state index is 3.49. The number of fused-ring (bicyclic) bond motifs is 3. The lowest BCUT2D eigenvalue weighted by Crippen LogP contribution is -2.20. The van der Waals surface area contributed by atoms with Crippen LogP contribution in [0.1, 0.15) is 12.8 Å². The Morgan fingerprint density at radius 2 is 2.33 bits per heavy atom. The zero-order valence-electron chi connectivity index (χ0n) is 5.43. The van der Waals surface area contributed by atoms with Crippen molar-refractivity contribution >= 4 is 0 Å². The summed E-state index contributed by atoms with van der Waals surface area (Å²) >= 11 is 0. The third-order valence-electron chi connectivity index (χ3n) is 3.14. The largest absolute Gasteiger partial charge is 0.308 e. The van der Waals surface area contributed by atoms with Crippen LogP contribution in [0.4, 0.5) is 0 Å². The van der Waals surface area contributed by atoms with Crippen molar-refractivity contribution < 1.29 is 0 Å². The summed E-state index contributed by atoms with van der Waals surface area (Å²) in [6.45, 7) is 1.29. The summed E-state index contributed by atoms with van der Waals surface area (Å²) in [5.74, 6) is 1.84. The molecule has 0 aromatic heterocycles. The van der Waals surface area contributed by atoms with Crippen LogP contribution < -0.4 is 5.32 Å². The smallest absolute Gasteiger partial charge is 0.0376 e. The molecule has 3 aliphatic rings. The minimum absolute atomic E-state index is 0.624. The van der Waals surface area contributed by atoms with E-state index >= 15 is 0 Å². The average molecular weight is 121 g/mol. The van der Waals surface area contributed by atoms with Gasteiger partial charge in [-0.3, -0.25) is 0 Å². The number of nitrogens with one attached hydrogen (secondary N) is 1. The molecule has 1 N–H and O–H groups in total. The van der Waals surface area contributed by atoms with E-state index in [0.717, 1.165) is 11.8 Å². The van der Waals surface area contributed by atoms with Gasteiger partial charge in [-0.25, -0.2) is 0 Å². The minimum atomic E-state index is 0.624. The fourth-order valence-corrected chi connectivity index (χ4v) is 2.48. The standard InChI is InChI=1S/C8H11N/c1-2-7-3-6(1)4-8(7)5-9-8/h1-2,6-7,9H,3-5H2. The fraction of sp³-hybridized carbons (Fsp3) is 0.750. The van der Waals surface area contributed by atoms with Gasteiger partial charge < -0.3 is 5.32 Å². The maximum atomic E-state index is 3.49. The first-order valence-corrected chi connectivity index (χ1v) is 3.82. The first-order chi connectivity index (χ1) is 4.39. The molecule has 1 heterocycles. The summed E-state index contributed by atoms with van der Waals surface area (Å²) in [7, 11) is 0. The van der Waals surface area contributed by atoms with Crippen LogP contribution in [0.25, 0.3) is 0 Å². The second kappa shape index (κ2) is 1.10. The molecule has 1 nitrogen and oxygen atoms in total. The molecule has 48 valence electrons. The number of hydrogen-bond donors (Lipinski definition) is 1. The van der Waals surface area contributed by atoms with E-state index < -0.39 is 0 Å². The van der Waals surface area contributed by atoms with Gasteiger partial charge in [-0.05, 0) is 24.7 Å². The molecule has 1 spiro atoms. The first-order valence-electron chi connectivity index (χ1n) is 3.82. The van der Waals surface area contributed by atoms with Gasteiger partial charge in [0.25, 0.3) is 0 Å². The molecule has 1 aliphatic heterocycles. The molecule has 0 aromatic carbocycles. The Kier molecular flexibility index (Phi) is 0.552. The van der Waals surface area contributed by atoms with Crippen LogP contribution in [0, 0.1) is 11.8 Å². The molecule has 1 heteroatoms. The quantitative estimate of drug-likeness (QED) is 0.373. The molecule has 1 saturated heterocycles. The maximum Gasteiger partial charge on any atom is 0.0376 e. The van der Waals surface area contributed by atoms with Crippen molar-refractivity contribution in [3.8, 4) is 0 Å². The highest BCUT2D eigenvalue weighted by Gasteiger charge is 2.55. The van der Waals surface area contributed by atoms with E-state index in [-0.39, 0.29) is 0 Å². The van der Waals surface area contributed by atoms with Crippen LogP contribution >= 0.6 is 0 Å². The minimum Gasteiger partial charge on any atom is -0.308 e. The lowest BCUT2D eigenvalue weighted by molar-refractivity contribution is 0.532. The Morgan fingerprint density at radius 1 is 1.44 bits per heavy atom. The predicted molar refractivity (Wildman–Crippen MR) is 36.1 cm³/mol. The second-order valence-corrected chi connectivity index (χ2v) is 3.70. The highest BCUT2D eigenvalue weighted by atomic mass is 15.2. The van der Waals surface area contributed by atoms with E-state index in [1.54, 1.807) is 0 Å². The van der Waals surface area contributed by atoms with E-state index in [0.29, 0.717) is 5.54 Å². The van der Waals surface area contributed by atoms with Crippen LogP contribution in [0.2, 0.25) is 0 Å². The number of hydrogen-bond acceptors (Lipinski definition) is 1. The van der Waals surface area contributed by atoms with Gasteiger partial charge in [0.05, 0.1) is 0 Å². The molecule has 9 heavy (non-hydrogen) atoms. The topological polar surface area (TPSA) is 21.9 Å². The van der Waals surface area contributed by atoms with Gasteiger partial charge in [0.1, 0.15) is 0 Å². The summed E-state index contributed by atoms with van der Waals surface area (Å²) in [5.41, 5.74) is 0.624. The van der Waals surface area contributed by atoms with Crippen LogP contribution in [0.3, 0.4) is 0 Å². The third kappa shape index (κ3) is 0.410. The molecule has 2 aliphatic carbocycles. The Morgan fingerprint density at radius 3 is 2.67 bits per heavy atom. The van der Waals surface area contributed by atoms with Crippen molar-refractivity contribution in [2.45, 2.75) is 18.4 Å². The molecular formula is C8H11N. The summed E-state index contributed by atoms with van der Waals surface area (Å²) in [6.07, 6.45) is 7.67. The molecule has 3 atom stereocenters. The van der Waals surface area contributed by atoms with E-state index in [1.165, 1.54) is 19.4 Å². The van der Waals surface area contributed by atoms with Crippen molar-refractivity contribution in [1.82, 2.24) is 5.32 Å². The summed E-state index contributed by atoms with van der Waals surface area (Å²) in [6, 6.07) is 0. The lowest BCUT2D eigenvalue weighted by atomic mass is 9.94. The molecule has 0 amide bonds. The van der Waals surface area contributed by atoms with Crippen molar-refractivity contribution in [3.05, 3.63) is 12.2 Å². The lowest BCUT2D eigenvalue weighted by Gasteiger charge is -2.12. The highest BCUT2D eigenvalue weighted by molar-refractivity contribution is 5.26. The normalized spacial score (nSPS) is 59.6. The van der Waals surface area contributed by atoms with Gasteiger partial charge >= 0.3 is 0 Å². The average Bonchev–Trinajstić information content (AvgIpc) is 2.40. The molecule has 0 aromatic rings. The van der Waals surface area contributed by atoms with Gasteiger partial charge in [0.2, 0.25) is 0 Å². The molecule has 3 rings (SSSR count). The Bertz CT molecular complexity index is 179. The number of allylic oxidation sites excluding steroid dienone is 1. The van der Waals surface area contributed by atoms with E-state index in [9.17, 15) is 0 Å². The van der Waals surface area contributed by atoms with E-state index in [1.807, 2.05) is 0 Å². The van der Waals surface area contributed by atoms with Crippen molar-refractivity contribution in [2.75, 3.05) is 6.54 Å². The first kappa shape index (κ1) is 4.51. The second-order valence-electron chi connectivity index (χ2n) is 3.70. The monoisotopic (exact) mass is 121 g/mol. The predicted octanol–water partition coefficient (Wildman–Crippen LogP) is 0.924. The fourth-order valence-electron chi connectivity index (χ4n) is 2.48. The van der Waals surface area contributed by atoms with E-state index in [2.05, 4.69) is 17.5 Å². The number of rotatable bonds is 0. The van der Waals surface area contributed by atoms with Crippen molar-refractivity contribution in [1.29, 1.82) is 0 Å². The Hall–Kier alpha value is -0.300. The molecule has 3 unspecified atom stereocenters. The van der Waals surface area contributed by atoms with Gasteiger partial charge in [0, 0.05) is 12.1 Å². The van der Waals surface area contributed by atoms with Crippen LogP contribution in [0.5, 0.6) is 0 Å². The summed E-state index contributed by atoms with van der Waals surface area (Å²) in [5, 5.41) is 3.49. The third-order valence-corrected chi connectivity index (χ3v) is 3.14. The van der Waals surface area contributed by atoms with Gasteiger partial charge in [0.15, 0.2) is 0 Å². The SMILES string of the molecule is C1=CC2CC1CC21CN1. The summed E-state index contributed by atoms with van der Waals surface area (Å²) in [4.78, 5) is 0. The summed E-state index contributed by atoms with van der Waals surface area (Å²) < 4.78 is 0. The van der Waals surface area contributed by atoms with Crippen molar-refractivity contribution in [2.24, 2.45) is 11.8 Å². The highest BCUT2D eigenvalue weighted by Crippen LogP contribution is 2.50. The van der Waals surface area contributed by atoms with Gasteiger partial charge in [-0.1, -0.05) is 12.2 Å². The molecule has 1 saturated carbocycles. The Balaban J connectivity index is 2.05. The van der Waals surface area contributed by atoms with E-state index in [4.69, 9.17) is 0 Å². The zero-order chi connectivity index (χ0) is 5.90. The zero-order valence-corrected chi connectivity index (χ0v) is 5.43. The van der Waals surface area contributed by atoms with Crippen LogP contribution in [0.15, 0.2) is 12.2 Å². The molecule has 2 fully saturated rings. The molecule has 2 bridgehead atoms. The van der Waals surface area contributed by atoms with Crippen LogP contribution in [-0.2, 0) is 0 Å². The van der Waals surface area contributed by atoms with Gasteiger partial charge in [-0.2, -0.15) is 0 Å². The molecule has 0 radical (unpaired) electrons. The van der Waals surface area contributed by atoms with Crippen molar-refractivity contribution in [3.63, 3.8) is 0 Å². The van der Waals surface area contributed by atoms with Crippen LogP contribution in [-0.4, -0.2) is 12.1 Å².